The van der Waals surface area contributed by atoms with Crippen LogP contribution in [0, 0.1) is 5.82 Å². The highest BCUT2D eigenvalue weighted by Crippen LogP contribution is 2.17. The normalized spacial score (nSPS) is 9.68. The van der Waals surface area contributed by atoms with Crippen LogP contribution < -0.4 is 0 Å². The third-order valence-electron chi connectivity index (χ3n) is 9.36. The molecule has 0 aliphatic carbocycles. The molecule has 0 nitrogen and oxygen atoms in total. The van der Waals surface area contributed by atoms with Gasteiger partial charge in [-0.25, -0.2) is 4.39 Å². The van der Waals surface area contributed by atoms with Crippen LogP contribution in [-0.2, 0) is 38.5 Å². The van der Waals surface area contributed by atoms with Crippen LogP contribution in [-0.4, -0.2) is 5.75 Å². The van der Waals surface area contributed by atoms with E-state index in [1.54, 1.807) is 11.3 Å². The zero-order valence-electron chi connectivity index (χ0n) is 40.8. The van der Waals surface area contributed by atoms with Gasteiger partial charge in [0.25, 0.3) is 0 Å². The van der Waals surface area contributed by atoms with Crippen LogP contribution in [0.1, 0.15) is 133 Å². The average molecular weight is 952 g/mol. The Hall–Kier alpha value is -3.93. The predicted octanol–water partition coefficient (Wildman–Crippen LogP) is 20.3. The fourth-order valence-corrected chi connectivity index (χ4v) is 8.43. The molecule has 0 N–H and O–H groups in total. The number of aryl methyl sites for hydroxylation is 6. The van der Waals surface area contributed by atoms with E-state index in [9.17, 15) is 4.39 Å². The van der Waals surface area contributed by atoms with Gasteiger partial charge in [0.2, 0.25) is 0 Å². The van der Waals surface area contributed by atoms with Crippen LogP contribution in [0.3, 0.4) is 0 Å². The van der Waals surface area contributed by atoms with Gasteiger partial charge in [-0.05, 0) is 150 Å². The van der Waals surface area contributed by atoms with Crippen molar-refractivity contribution in [1.29, 1.82) is 0 Å². The molecule has 0 saturated heterocycles. The highest BCUT2D eigenvalue weighted by Gasteiger charge is 1.93. The van der Waals surface area contributed by atoms with Crippen molar-refractivity contribution in [2.75, 3.05) is 5.75 Å². The van der Waals surface area contributed by atoms with Crippen molar-refractivity contribution in [3.63, 3.8) is 0 Å². The Kier molecular flexibility index (Phi) is 38.8. The number of halogens is 2. The van der Waals surface area contributed by atoms with E-state index in [-0.39, 0.29) is 5.82 Å². The minimum Gasteiger partial charge on any atom is -0.207 e. The summed E-state index contributed by atoms with van der Waals surface area (Å²) in [4.78, 5) is 2.89. The van der Waals surface area contributed by atoms with E-state index in [1.165, 1.54) is 126 Å². The van der Waals surface area contributed by atoms with Crippen molar-refractivity contribution in [1.82, 2.24) is 0 Å². The molecule has 7 aromatic rings. The summed E-state index contributed by atoms with van der Waals surface area (Å²) in [6.07, 6.45) is 17.0. The fraction of sp³-hybridized carbons (Fsp3) is 0.367. The van der Waals surface area contributed by atoms with Gasteiger partial charge in [0.05, 0.1) is 0 Å². The quantitative estimate of drug-likeness (QED) is 0.0870. The van der Waals surface area contributed by atoms with Gasteiger partial charge >= 0.3 is 0 Å². The number of thiophene rings is 2. The summed E-state index contributed by atoms with van der Waals surface area (Å²) in [7, 11) is 0. The second kappa shape index (κ2) is 42.7. The molecule has 0 fully saturated rings. The topological polar surface area (TPSA) is 0 Å². The molecule has 2 heterocycles. The van der Waals surface area contributed by atoms with Gasteiger partial charge in [-0.2, -0.15) is 11.3 Å². The standard InChI is InChI=1S/C10H14.C9H11Cl.C9H11F.C9H12S.C9H12.2C7H10S/c1-2-3-7-10-8-5-4-6-9-10;2*1-2-3-8-4-6-9(10)7-5-8;1-2-8-10-9-6-4-3-5-7-9;1-2-6-9-7-4-3-5-8-9;1-2-4-7-5-3-6-8-7;1-2-3-7-4-5-8-6-7/h4-6,8-9H,2-3,7H2,1H3;2*4-7H,2-3H2,1H3;3-7H,2,8H2,1H3;3-5,7-8H,2,6H2,1H3;3,5-6H,2,4H2,1H3;4-6H,2-3H2,1H3. The summed E-state index contributed by atoms with van der Waals surface area (Å²) in [6, 6.07) is 52.9. The first-order valence-electron chi connectivity index (χ1n) is 24.1. The van der Waals surface area contributed by atoms with E-state index in [2.05, 4.69) is 186 Å². The molecule has 0 aliphatic heterocycles. The first kappa shape index (κ1) is 59.1. The smallest absolute Gasteiger partial charge is 0.123 e. The van der Waals surface area contributed by atoms with Crippen molar-refractivity contribution < 1.29 is 4.39 Å². The maximum atomic E-state index is 12.3. The van der Waals surface area contributed by atoms with Crippen LogP contribution >= 0.6 is 46.0 Å². The summed E-state index contributed by atoms with van der Waals surface area (Å²) in [5, 5.41) is 7.29. The molecule has 0 aliphatic rings. The van der Waals surface area contributed by atoms with Crippen molar-refractivity contribution in [2.45, 2.75) is 143 Å². The molecule has 0 amide bonds. The van der Waals surface area contributed by atoms with Crippen molar-refractivity contribution in [2.24, 2.45) is 0 Å². The molecule has 352 valence electrons. The lowest BCUT2D eigenvalue weighted by molar-refractivity contribution is 0.627. The monoisotopic (exact) mass is 951 g/mol. The third-order valence-corrected chi connectivity index (χ3v) is 12.5. The Labute approximate surface area is 414 Å². The average Bonchev–Trinajstić information content (AvgIpc) is 4.08. The second-order valence-corrected chi connectivity index (χ2v) is 18.9. The minimum atomic E-state index is -0.153. The molecule has 0 unspecified atom stereocenters. The first-order chi connectivity index (χ1) is 31.8. The molecular formula is C60H80ClFS3. The number of unbranched alkanes of at least 4 members (excludes halogenated alkanes) is 1. The minimum absolute atomic E-state index is 0.153. The molecule has 0 bridgehead atoms. The Morgan fingerprint density at radius 2 is 0.877 bits per heavy atom. The number of hydrogen-bond donors (Lipinski definition) is 0. The van der Waals surface area contributed by atoms with Crippen LogP contribution in [0.4, 0.5) is 4.39 Å². The Balaban J connectivity index is 0.000000380. The molecule has 7 rings (SSSR count). The van der Waals surface area contributed by atoms with E-state index in [0.717, 1.165) is 24.3 Å². The van der Waals surface area contributed by atoms with Crippen LogP contribution in [0.25, 0.3) is 0 Å². The first-order valence-corrected chi connectivity index (χ1v) is 27.3. The SMILES string of the molecule is CCCCc1ccccc1.CCCSc1ccccc1.CCCc1ccc(Cl)cc1.CCCc1ccc(F)cc1.CCCc1ccccc1.CCCc1cccs1.CCCc1ccsc1. The van der Waals surface area contributed by atoms with E-state index < -0.39 is 0 Å². The summed E-state index contributed by atoms with van der Waals surface area (Å²) in [6.45, 7) is 15.3. The summed E-state index contributed by atoms with van der Waals surface area (Å²) in [5.74, 6) is 1.07. The van der Waals surface area contributed by atoms with Gasteiger partial charge in [-0.15, -0.1) is 23.1 Å². The van der Waals surface area contributed by atoms with Gasteiger partial charge < -0.3 is 0 Å². The third kappa shape index (κ3) is 34.1. The Morgan fingerprint density at radius 3 is 1.31 bits per heavy atom. The maximum Gasteiger partial charge on any atom is 0.123 e. The largest absolute Gasteiger partial charge is 0.207 e. The zero-order valence-corrected chi connectivity index (χ0v) is 44.0. The van der Waals surface area contributed by atoms with Crippen molar-refractivity contribution >= 4 is 46.0 Å². The van der Waals surface area contributed by atoms with Crippen molar-refractivity contribution in [3.05, 3.63) is 217 Å². The highest BCUT2D eigenvalue weighted by molar-refractivity contribution is 7.99. The summed E-state index contributed by atoms with van der Waals surface area (Å²) in [5.41, 5.74) is 6.97. The lowest BCUT2D eigenvalue weighted by Crippen LogP contribution is -1.81. The van der Waals surface area contributed by atoms with E-state index >= 15 is 0 Å². The van der Waals surface area contributed by atoms with Crippen LogP contribution in [0.2, 0.25) is 5.02 Å². The van der Waals surface area contributed by atoms with Gasteiger partial charge in [0.1, 0.15) is 5.82 Å². The van der Waals surface area contributed by atoms with E-state index in [1.807, 2.05) is 47.4 Å². The number of benzene rings is 5. The van der Waals surface area contributed by atoms with Gasteiger partial charge in [-0.3, -0.25) is 0 Å². The predicted molar refractivity (Wildman–Crippen MR) is 295 cm³/mol. The molecule has 2 aromatic heterocycles. The fourth-order valence-electron chi connectivity index (χ4n) is 6.00. The van der Waals surface area contributed by atoms with Gasteiger partial charge in [-0.1, -0.05) is 208 Å². The molecule has 0 atom stereocenters. The van der Waals surface area contributed by atoms with Crippen LogP contribution in [0.5, 0.6) is 0 Å². The zero-order chi connectivity index (χ0) is 47.4. The number of thioether (sulfide) groups is 1. The highest BCUT2D eigenvalue weighted by atomic mass is 35.5. The maximum absolute atomic E-state index is 12.3. The van der Waals surface area contributed by atoms with Crippen molar-refractivity contribution in [3.8, 4) is 0 Å². The second-order valence-electron chi connectivity index (χ2n) is 15.5. The molecule has 65 heavy (non-hydrogen) atoms. The van der Waals surface area contributed by atoms with Gasteiger partial charge in [0, 0.05) is 14.8 Å². The molecule has 5 heteroatoms. The Bertz CT molecular complexity index is 1830. The molecule has 5 aromatic carbocycles. The number of hydrogen-bond acceptors (Lipinski definition) is 3. The van der Waals surface area contributed by atoms with E-state index in [4.69, 9.17) is 11.6 Å². The summed E-state index contributed by atoms with van der Waals surface area (Å²) < 4.78 is 12.3. The molecule has 0 radical (unpaired) electrons. The molecule has 0 spiro atoms. The van der Waals surface area contributed by atoms with Crippen LogP contribution in [0.15, 0.2) is 179 Å². The van der Waals surface area contributed by atoms with Gasteiger partial charge in [0.15, 0.2) is 0 Å². The Morgan fingerprint density at radius 1 is 0.415 bits per heavy atom. The molecule has 0 saturated carbocycles. The number of rotatable bonds is 16. The lowest BCUT2D eigenvalue weighted by atomic mass is 10.1. The molecular weight excluding hydrogens is 871 g/mol. The van der Waals surface area contributed by atoms with E-state index in [0.29, 0.717) is 0 Å². The lowest BCUT2D eigenvalue weighted by Gasteiger charge is -1.96. The summed E-state index contributed by atoms with van der Waals surface area (Å²) >= 11 is 11.3.